The van der Waals surface area contributed by atoms with Gasteiger partial charge in [-0.1, -0.05) is 0 Å². The molecule has 0 amide bonds. The molecule has 2 aliphatic rings. The third-order valence-electron chi connectivity index (χ3n) is 7.65. The fourth-order valence-corrected chi connectivity index (χ4v) is 15.6. The Kier molecular flexibility index (Phi) is 9.02. The molecule has 0 radical (unpaired) electrons. The summed E-state index contributed by atoms with van der Waals surface area (Å²) in [5.41, 5.74) is 12.0. The van der Waals surface area contributed by atoms with Crippen LogP contribution in [-0.4, -0.2) is 3.21 Å². The number of hydrogen-bond acceptors (Lipinski definition) is 0. The van der Waals surface area contributed by atoms with Crippen LogP contribution in [0.4, 0.5) is 0 Å². The van der Waals surface area contributed by atoms with Crippen LogP contribution in [0.1, 0.15) is 60.5 Å². The molecule has 1 unspecified atom stereocenters. The standard InChI is InChI=1S/C13H9.C10H15.C9H10.2ClH.Zr/c1-3-7-12-10(5-1)9-11-6-2-4-8-13(11)12;1-7(2)10-6-8(3)5-9(10)4;1-3-9-6-4-8(2)5-7-9;;;/h1-9H;6-8H,1-4H3;4-7H,1-2H3;2*1H;/q;;;;;+2/p-2. The molecule has 3 heteroatoms. The molecule has 0 aliphatic heterocycles. The molecule has 0 fully saturated rings. The predicted molar refractivity (Wildman–Crippen MR) is 139 cm³/mol. The van der Waals surface area contributed by atoms with Crippen molar-refractivity contribution in [3.05, 3.63) is 116 Å². The van der Waals surface area contributed by atoms with E-state index in [4.69, 9.17) is 0 Å². The molecular weight excluding hydrogens is 546 g/mol. The largest absolute Gasteiger partial charge is 1.00 e. The minimum atomic E-state index is -2.41. The average molecular weight is 581 g/mol. The summed E-state index contributed by atoms with van der Waals surface area (Å²) in [6.45, 7) is 14.2. The van der Waals surface area contributed by atoms with Crippen LogP contribution in [0.5, 0.6) is 0 Å². The number of hydrogen-bond donors (Lipinski definition) is 0. The summed E-state index contributed by atoms with van der Waals surface area (Å²) < 4.78 is 4.01. The van der Waals surface area contributed by atoms with E-state index >= 15 is 0 Å². The molecule has 0 aromatic heterocycles. The zero-order valence-corrected chi connectivity index (χ0v) is 25.5. The van der Waals surface area contributed by atoms with E-state index in [2.05, 4.69) is 120 Å². The Hall–Kier alpha value is -1.53. The number of benzene rings is 3. The van der Waals surface area contributed by atoms with Crippen LogP contribution in [0.15, 0.2) is 93.3 Å². The first-order valence-corrected chi connectivity index (χ1v) is 16.2. The fourth-order valence-electron chi connectivity index (χ4n) is 6.05. The van der Waals surface area contributed by atoms with Crippen LogP contribution in [0.25, 0.3) is 11.1 Å². The zero-order valence-electron chi connectivity index (χ0n) is 21.5. The van der Waals surface area contributed by atoms with Gasteiger partial charge >= 0.3 is 208 Å². The molecule has 1 atom stereocenters. The normalized spacial score (nSPS) is 16.8. The molecular formula is C32H34Cl2Zr. The van der Waals surface area contributed by atoms with E-state index in [9.17, 15) is 0 Å². The van der Waals surface area contributed by atoms with Crippen molar-refractivity contribution in [1.82, 2.24) is 0 Å². The van der Waals surface area contributed by atoms with Crippen LogP contribution < -0.4 is 24.8 Å². The van der Waals surface area contributed by atoms with Crippen molar-refractivity contribution < 1.29 is 46.1 Å². The van der Waals surface area contributed by atoms with Gasteiger partial charge < -0.3 is 24.8 Å². The maximum Gasteiger partial charge on any atom is -1.00 e. The van der Waals surface area contributed by atoms with Gasteiger partial charge in [0, 0.05) is 0 Å². The Morgan fingerprint density at radius 2 is 1.29 bits per heavy atom. The fraction of sp³-hybridized carbons (Fsp3) is 0.281. The second-order valence-electron chi connectivity index (χ2n) is 10.1. The SMILES string of the molecule is CC1=[C](/[Zr+2](=[C](\C)c2ccc(C)cc2)[CH]2c3ccccc3-c3ccccc32)C(C)C=C1C(C)C.[Cl-].[Cl-]. The molecule has 2 aliphatic carbocycles. The Balaban J connectivity index is 0.00000171. The number of allylic oxidation sites excluding steroid dienone is 4. The summed E-state index contributed by atoms with van der Waals surface area (Å²) in [5.74, 6) is 1.12. The van der Waals surface area contributed by atoms with Gasteiger partial charge in [-0.05, 0) is 0 Å². The van der Waals surface area contributed by atoms with E-state index in [0.29, 0.717) is 15.5 Å². The smallest absolute Gasteiger partial charge is 1.00 e. The molecule has 0 nitrogen and oxygen atoms in total. The van der Waals surface area contributed by atoms with E-state index in [-0.39, 0.29) is 24.8 Å². The molecule has 180 valence electrons. The van der Waals surface area contributed by atoms with E-state index in [1.54, 1.807) is 28.8 Å². The molecule has 0 saturated carbocycles. The molecule has 0 heterocycles. The first-order valence-electron chi connectivity index (χ1n) is 12.3. The molecule has 0 bridgehead atoms. The van der Waals surface area contributed by atoms with Crippen LogP contribution in [0.2, 0.25) is 0 Å². The van der Waals surface area contributed by atoms with Crippen LogP contribution in [-0.2, 0) is 21.3 Å². The molecule has 35 heavy (non-hydrogen) atoms. The zero-order chi connectivity index (χ0) is 23.3. The second-order valence-corrected chi connectivity index (χ2v) is 16.7. The van der Waals surface area contributed by atoms with Gasteiger partial charge in [-0.15, -0.1) is 0 Å². The predicted octanol–water partition coefficient (Wildman–Crippen LogP) is 2.44. The van der Waals surface area contributed by atoms with Gasteiger partial charge in [0.15, 0.2) is 0 Å². The first kappa shape index (κ1) is 28.1. The van der Waals surface area contributed by atoms with E-state index in [1.807, 2.05) is 0 Å². The van der Waals surface area contributed by atoms with Gasteiger partial charge in [0.25, 0.3) is 0 Å². The average Bonchev–Trinajstić information content (AvgIpc) is 3.30. The van der Waals surface area contributed by atoms with Gasteiger partial charge in [-0.2, -0.15) is 0 Å². The molecule has 0 spiro atoms. The monoisotopic (exact) mass is 578 g/mol. The summed E-state index contributed by atoms with van der Waals surface area (Å²) >= 11 is -2.41. The van der Waals surface area contributed by atoms with E-state index in [1.165, 1.54) is 22.3 Å². The maximum atomic E-state index is 2.57. The second kappa shape index (κ2) is 11.2. The van der Waals surface area contributed by atoms with Crippen LogP contribution >= 0.6 is 0 Å². The summed E-state index contributed by atoms with van der Waals surface area (Å²) in [6.07, 6.45) is 2.57. The minimum absolute atomic E-state index is 0. The molecule has 3 aromatic carbocycles. The molecule has 0 saturated heterocycles. The van der Waals surface area contributed by atoms with E-state index < -0.39 is 21.3 Å². The van der Waals surface area contributed by atoms with Gasteiger partial charge in [0.1, 0.15) is 0 Å². The Labute approximate surface area is 231 Å². The molecule has 0 N–H and O–H groups in total. The van der Waals surface area contributed by atoms with Gasteiger partial charge in [0.2, 0.25) is 0 Å². The van der Waals surface area contributed by atoms with Crippen molar-refractivity contribution in [3.63, 3.8) is 0 Å². The van der Waals surface area contributed by atoms with Gasteiger partial charge in [-0.3, -0.25) is 0 Å². The number of aryl methyl sites for hydroxylation is 1. The number of rotatable bonds is 4. The van der Waals surface area contributed by atoms with Crippen molar-refractivity contribution >= 4 is 3.21 Å². The van der Waals surface area contributed by atoms with Crippen molar-refractivity contribution in [2.24, 2.45) is 11.8 Å². The molecule has 5 rings (SSSR count). The Morgan fingerprint density at radius 3 is 1.77 bits per heavy atom. The van der Waals surface area contributed by atoms with Gasteiger partial charge in [-0.25, -0.2) is 0 Å². The van der Waals surface area contributed by atoms with Crippen molar-refractivity contribution in [3.8, 4) is 11.1 Å². The van der Waals surface area contributed by atoms with Gasteiger partial charge in [0.05, 0.1) is 0 Å². The van der Waals surface area contributed by atoms with Crippen LogP contribution in [0, 0.1) is 18.8 Å². The van der Waals surface area contributed by atoms with Crippen molar-refractivity contribution in [2.45, 2.75) is 45.2 Å². The third kappa shape index (κ3) is 4.90. The third-order valence-corrected chi connectivity index (χ3v) is 16.8. The minimum Gasteiger partial charge on any atom is -1.00 e. The Bertz CT molecular complexity index is 1280. The summed E-state index contributed by atoms with van der Waals surface area (Å²) in [7, 11) is 0. The molecule has 3 aromatic rings. The van der Waals surface area contributed by atoms with Crippen molar-refractivity contribution in [2.75, 3.05) is 0 Å². The summed E-state index contributed by atoms with van der Waals surface area (Å²) in [5, 5.41) is 0. The summed E-state index contributed by atoms with van der Waals surface area (Å²) in [4.78, 5) is 0. The summed E-state index contributed by atoms with van der Waals surface area (Å²) in [6, 6.07) is 27.7. The number of halogens is 2. The first-order chi connectivity index (χ1) is 15.9. The number of fused-ring (bicyclic) bond motifs is 3. The van der Waals surface area contributed by atoms with Crippen LogP contribution in [0.3, 0.4) is 0 Å². The van der Waals surface area contributed by atoms with E-state index in [0.717, 1.165) is 0 Å². The topological polar surface area (TPSA) is 0 Å². The van der Waals surface area contributed by atoms with Crippen molar-refractivity contribution in [1.29, 1.82) is 0 Å². The Morgan fingerprint density at radius 1 is 0.771 bits per heavy atom. The maximum absolute atomic E-state index is 2.57. The quantitative estimate of drug-likeness (QED) is 0.445.